The first kappa shape index (κ1) is 23.9. The third-order valence-corrected chi connectivity index (χ3v) is 7.04. The molecular formula is C26H29ClN8O2. The Hall–Kier alpha value is -3.47. The number of H-pyrrole nitrogens is 1. The smallest absolute Gasteiger partial charge is 0.246 e. The predicted molar refractivity (Wildman–Crippen MR) is 142 cm³/mol. The van der Waals surface area contributed by atoms with Crippen LogP contribution in [-0.2, 0) is 0 Å². The zero-order chi connectivity index (χ0) is 25.2. The largest absolute Gasteiger partial charge is 0.475 e. The van der Waals surface area contributed by atoms with Gasteiger partial charge < -0.3 is 14.8 Å². The molecule has 2 N–H and O–H groups in total. The van der Waals surface area contributed by atoms with Crippen LogP contribution in [0.1, 0.15) is 18.5 Å². The summed E-state index contributed by atoms with van der Waals surface area (Å²) in [6, 6.07) is 10.0. The molecule has 4 aromatic rings. The van der Waals surface area contributed by atoms with Crippen LogP contribution in [0.15, 0.2) is 42.9 Å². The summed E-state index contributed by atoms with van der Waals surface area (Å²) in [4.78, 5) is 18.0. The highest BCUT2D eigenvalue weighted by Crippen LogP contribution is 2.34. The van der Waals surface area contributed by atoms with Crippen LogP contribution in [-0.4, -0.2) is 80.3 Å². The Balaban J connectivity index is 1.10. The molecule has 1 saturated heterocycles. The second kappa shape index (κ2) is 10.5. The molecule has 1 aliphatic heterocycles. The average molecular weight is 521 g/mol. The third kappa shape index (κ3) is 5.61. The van der Waals surface area contributed by atoms with Gasteiger partial charge in [-0.3, -0.25) is 19.9 Å². The minimum atomic E-state index is 0.460. The molecule has 1 aliphatic carbocycles. The summed E-state index contributed by atoms with van der Waals surface area (Å²) < 4.78 is 11.9. The number of pyridine rings is 1. The number of rotatable bonds is 9. The number of hydrogen-bond donors (Lipinski definition) is 2. The number of ether oxygens (including phenoxy) is 2. The molecule has 6 rings (SSSR count). The van der Waals surface area contributed by atoms with Crippen LogP contribution >= 0.6 is 11.6 Å². The van der Waals surface area contributed by atoms with Crippen LogP contribution < -0.4 is 14.8 Å². The van der Waals surface area contributed by atoms with Crippen LogP contribution in [0, 0.1) is 6.92 Å². The van der Waals surface area contributed by atoms with Gasteiger partial charge >= 0.3 is 0 Å². The Morgan fingerprint density at radius 1 is 1.08 bits per heavy atom. The van der Waals surface area contributed by atoms with E-state index in [9.17, 15) is 0 Å². The van der Waals surface area contributed by atoms with Gasteiger partial charge in [-0.1, -0.05) is 11.6 Å². The van der Waals surface area contributed by atoms with Gasteiger partial charge in [0.2, 0.25) is 5.88 Å². The summed E-state index contributed by atoms with van der Waals surface area (Å²) in [5.41, 5.74) is 2.27. The van der Waals surface area contributed by atoms with E-state index in [1.54, 1.807) is 18.3 Å². The first-order valence-electron chi connectivity index (χ1n) is 12.6. The van der Waals surface area contributed by atoms with Gasteiger partial charge in [0.15, 0.2) is 5.65 Å². The van der Waals surface area contributed by atoms with Crippen molar-refractivity contribution in [1.29, 1.82) is 0 Å². The summed E-state index contributed by atoms with van der Waals surface area (Å²) in [6.45, 7) is 7.78. The number of aromatic nitrogens is 5. The number of aryl methyl sites for hydroxylation is 1. The van der Waals surface area contributed by atoms with Crippen molar-refractivity contribution >= 4 is 34.1 Å². The van der Waals surface area contributed by atoms with Crippen LogP contribution in [0.3, 0.4) is 0 Å². The van der Waals surface area contributed by atoms with Gasteiger partial charge in [0.25, 0.3) is 0 Å². The number of aromatic amines is 1. The lowest BCUT2D eigenvalue weighted by Crippen LogP contribution is -2.48. The number of piperazine rings is 1. The summed E-state index contributed by atoms with van der Waals surface area (Å²) in [7, 11) is 0. The molecule has 3 aromatic heterocycles. The highest BCUT2D eigenvalue weighted by atomic mass is 35.5. The van der Waals surface area contributed by atoms with E-state index < -0.39 is 0 Å². The number of anilines is 2. The van der Waals surface area contributed by atoms with E-state index in [0.717, 1.165) is 50.1 Å². The Morgan fingerprint density at radius 3 is 2.70 bits per heavy atom. The molecule has 0 bridgehead atoms. The van der Waals surface area contributed by atoms with E-state index >= 15 is 0 Å². The molecule has 0 amide bonds. The van der Waals surface area contributed by atoms with Gasteiger partial charge in [0.05, 0.1) is 11.2 Å². The molecular weight excluding hydrogens is 492 g/mol. The Bertz CT molecular complexity index is 1370. The fourth-order valence-corrected chi connectivity index (χ4v) is 4.75. The zero-order valence-electron chi connectivity index (χ0n) is 20.7. The van der Waals surface area contributed by atoms with Gasteiger partial charge in [-0.2, -0.15) is 0 Å². The number of nitrogens with one attached hydrogen (secondary N) is 2. The Morgan fingerprint density at radius 2 is 1.95 bits per heavy atom. The quantitative estimate of drug-likeness (QED) is 0.332. The van der Waals surface area contributed by atoms with Crippen molar-refractivity contribution in [3.8, 4) is 17.4 Å². The van der Waals surface area contributed by atoms with Crippen molar-refractivity contribution in [3.05, 3.63) is 53.6 Å². The second-order valence-corrected chi connectivity index (χ2v) is 9.85. The fraction of sp³-hybridized carbons (Fsp3) is 0.385. The predicted octanol–water partition coefficient (Wildman–Crippen LogP) is 4.40. The van der Waals surface area contributed by atoms with Crippen molar-refractivity contribution in [2.24, 2.45) is 0 Å². The topological polar surface area (TPSA) is 104 Å². The highest BCUT2D eigenvalue weighted by Gasteiger charge is 2.31. The fourth-order valence-electron chi connectivity index (χ4n) is 4.53. The maximum Gasteiger partial charge on any atom is 0.246 e. The van der Waals surface area contributed by atoms with Gasteiger partial charge in [-0.25, -0.2) is 9.97 Å². The van der Waals surface area contributed by atoms with E-state index in [1.807, 2.05) is 25.1 Å². The first-order valence-corrected chi connectivity index (χ1v) is 13.0. The SMILES string of the molecule is Cc1ccc(Oc2ccc(Nc3ncnc4[nH]nc(OCCN5CCN(C6CC6)CC5)c34)cc2Cl)cn1. The van der Waals surface area contributed by atoms with Gasteiger partial charge in [0.1, 0.15) is 35.6 Å². The molecule has 0 spiro atoms. The summed E-state index contributed by atoms with van der Waals surface area (Å²) in [5.74, 6) is 2.22. The van der Waals surface area contributed by atoms with Crippen LogP contribution in [0.25, 0.3) is 11.0 Å². The van der Waals surface area contributed by atoms with E-state index in [-0.39, 0.29) is 0 Å². The third-order valence-electron chi connectivity index (χ3n) is 6.75. The van der Waals surface area contributed by atoms with Gasteiger partial charge in [0, 0.05) is 50.1 Å². The van der Waals surface area contributed by atoms with Crippen molar-refractivity contribution in [3.63, 3.8) is 0 Å². The molecule has 0 atom stereocenters. The average Bonchev–Trinajstić information content (AvgIpc) is 3.68. The monoisotopic (exact) mass is 520 g/mol. The minimum Gasteiger partial charge on any atom is -0.475 e. The van der Waals surface area contributed by atoms with E-state index in [0.29, 0.717) is 45.9 Å². The lowest BCUT2D eigenvalue weighted by atomic mass is 10.2. The molecule has 192 valence electrons. The van der Waals surface area contributed by atoms with Crippen LogP contribution in [0.2, 0.25) is 5.02 Å². The van der Waals surface area contributed by atoms with Crippen molar-refractivity contribution in [1.82, 2.24) is 34.9 Å². The Kier molecular flexibility index (Phi) is 6.77. The number of fused-ring (bicyclic) bond motifs is 1. The number of nitrogens with zero attached hydrogens (tertiary/aromatic N) is 6. The minimum absolute atomic E-state index is 0.460. The summed E-state index contributed by atoms with van der Waals surface area (Å²) in [6.07, 6.45) is 5.88. The lowest BCUT2D eigenvalue weighted by Gasteiger charge is -2.34. The van der Waals surface area contributed by atoms with E-state index in [4.69, 9.17) is 21.1 Å². The Labute approximate surface area is 220 Å². The van der Waals surface area contributed by atoms with E-state index in [2.05, 4.69) is 40.3 Å². The molecule has 1 saturated carbocycles. The molecule has 1 aromatic carbocycles. The molecule has 10 nitrogen and oxygen atoms in total. The summed E-state index contributed by atoms with van der Waals surface area (Å²) in [5, 5.41) is 11.8. The molecule has 2 fully saturated rings. The first-order chi connectivity index (χ1) is 18.1. The van der Waals surface area contributed by atoms with Crippen molar-refractivity contribution in [2.45, 2.75) is 25.8 Å². The molecule has 4 heterocycles. The van der Waals surface area contributed by atoms with Crippen LogP contribution in [0.4, 0.5) is 11.5 Å². The van der Waals surface area contributed by atoms with Gasteiger partial charge in [-0.15, -0.1) is 5.10 Å². The maximum atomic E-state index is 6.51. The standard InChI is InChI=1S/C26H29ClN8O2/c1-17-2-6-20(15-28-17)37-22-7-3-18(14-21(22)27)31-24-23-25(30-16-29-24)32-33-26(23)36-13-12-34-8-10-35(11-9-34)19-4-5-19/h2-3,6-7,14-16,19H,4-5,8-13H2,1H3,(H2,29,30,31,32,33). The molecule has 2 aliphatic rings. The number of benzene rings is 1. The molecule has 37 heavy (non-hydrogen) atoms. The number of halogens is 1. The van der Waals surface area contributed by atoms with Crippen molar-refractivity contribution < 1.29 is 9.47 Å². The van der Waals surface area contributed by atoms with Gasteiger partial charge in [-0.05, 0) is 50.1 Å². The highest BCUT2D eigenvalue weighted by molar-refractivity contribution is 6.32. The normalized spacial score (nSPS) is 16.7. The summed E-state index contributed by atoms with van der Waals surface area (Å²) >= 11 is 6.51. The molecule has 11 heteroatoms. The molecule has 0 radical (unpaired) electrons. The lowest BCUT2D eigenvalue weighted by molar-refractivity contribution is 0.111. The van der Waals surface area contributed by atoms with E-state index in [1.165, 1.54) is 19.2 Å². The molecule has 0 unspecified atom stereocenters. The maximum absolute atomic E-state index is 6.51. The second-order valence-electron chi connectivity index (χ2n) is 9.44. The van der Waals surface area contributed by atoms with Crippen LogP contribution in [0.5, 0.6) is 17.4 Å². The number of hydrogen-bond acceptors (Lipinski definition) is 9. The van der Waals surface area contributed by atoms with Crippen molar-refractivity contribution in [2.75, 3.05) is 44.6 Å². The zero-order valence-corrected chi connectivity index (χ0v) is 21.4.